The third-order valence-corrected chi connectivity index (χ3v) is 5.31. The molecule has 0 aliphatic heterocycles. The standard InChI is InChI=1S/C16H31BrO/c1-4-6-15-8-10-16(13-17,11-9-15)18-12-5-7-14(2)3/h14-15H,4-13H2,1-3H3. The lowest BCUT2D eigenvalue weighted by Crippen LogP contribution is -2.39. The average Bonchev–Trinajstić information content (AvgIpc) is 2.37. The molecule has 1 nitrogen and oxygen atoms in total. The summed E-state index contributed by atoms with van der Waals surface area (Å²) in [7, 11) is 0. The number of halogens is 1. The summed E-state index contributed by atoms with van der Waals surface area (Å²) in [5.41, 5.74) is 0.154. The molecule has 0 bridgehead atoms. The molecule has 1 saturated carbocycles. The van der Waals surface area contributed by atoms with Gasteiger partial charge < -0.3 is 4.74 Å². The van der Waals surface area contributed by atoms with E-state index in [1.807, 2.05) is 0 Å². The molecule has 108 valence electrons. The van der Waals surface area contributed by atoms with E-state index in [1.165, 1.54) is 51.4 Å². The zero-order valence-corrected chi connectivity index (χ0v) is 14.1. The molecule has 0 spiro atoms. The Hall–Kier alpha value is 0.440. The smallest absolute Gasteiger partial charge is 0.0779 e. The van der Waals surface area contributed by atoms with E-state index in [9.17, 15) is 0 Å². The number of rotatable bonds is 8. The van der Waals surface area contributed by atoms with Crippen molar-refractivity contribution in [2.45, 2.75) is 77.7 Å². The average molecular weight is 319 g/mol. The summed E-state index contributed by atoms with van der Waals surface area (Å²) in [4.78, 5) is 0. The van der Waals surface area contributed by atoms with E-state index >= 15 is 0 Å². The second kappa shape index (κ2) is 8.58. The van der Waals surface area contributed by atoms with Crippen molar-refractivity contribution in [3.8, 4) is 0 Å². The highest BCUT2D eigenvalue weighted by Gasteiger charge is 2.34. The van der Waals surface area contributed by atoms with Gasteiger partial charge in [0.15, 0.2) is 0 Å². The highest BCUT2D eigenvalue weighted by molar-refractivity contribution is 9.09. The molecule has 0 unspecified atom stereocenters. The number of ether oxygens (including phenoxy) is 1. The molecule has 0 aromatic rings. The van der Waals surface area contributed by atoms with E-state index in [1.54, 1.807) is 0 Å². The summed E-state index contributed by atoms with van der Waals surface area (Å²) in [6.07, 6.45) is 10.5. The van der Waals surface area contributed by atoms with E-state index in [4.69, 9.17) is 4.74 Å². The van der Waals surface area contributed by atoms with Gasteiger partial charge >= 0.3 is 0 Å². The van der Waals surface area contributed by atoms with Crippen molar-refractivity contribution in [2.24, 2.45) is 11.8 Å². The van der Waals surface area contributed by atoms with Crippen molar-refractivity contribution in [3.63, 3.8) is 0 Å². The quantitative estimate of drug-likeness (QED) is 0.420. The van der Waals surface area contributed by atoms with E-state index in [-0.39, 0.29) is 5.60 Å². The fraction of sp³-hybridized carbons (Fsp3) is 1.00. The molecule has 0 atom stereocenters. The van der Waals surface area contributed by atoms with Gasteiger partial charge in [-0.3, -0.25) is 0 Å². The van der Waals surface area contributed by atoms with Crippen molar-refractivity contribution in [1.29, 1.82) is 0 Å². The van der Waals surface area contributed by atoms with Gasteiger partial charge in [-0.05, 0) is 50.4 Å². The van der Waals surface area contributed by atoms with Crippen LogP contribution in [0.15, 0.2) is 0 Å². The topological polar surface area (TPSA) is 9.23 Å². The molecule has 1 aliphatic rings. The molecule has 1 fully saturated rings. The van der Waals surface area contributed by atoms with Gasteiger partial charge in [0.25, 0.3) is 0 Å². The van der Waals surface area contributed by atoms with Gasteiger partial charge in [0.1, 0.15) is 0 Å². The number of hydrogen-bond donors (Lipinski definition) is 0. The minimum absolute atomic E-state index is 0.154. The first-order valence-corrected chi connectivity index (χ1v) is 8.94. The van der Waals surface area contributed by atoms with Crippen LogP contribution in [0.1, 0.15) is 72.1 Å². The van der Waals surface area contributed by atoms with E-state index in [2.05, 4.69) is 36.7 Å². The van der Waals surface area contributed by atoms with Crippen LogP contribution >= 0.6 is 15.9 Å². The van der Waals surface area contributed by atoms with Crippen LogP contribution in [0.2, 0.25) is 0 Å². The lowest BCUT2D eigenvalue weighted by Gasteiger charge is -2.39. The second-order valence-corrected chi connectivity index (χ2v) is 6.99. The van der Waals surface area contributed by atoms with Crippen LogP contribution in [0.25, 0.3) is 0 Å². The molecule has 0 saturated heterocycles. The Kier molecular flexibility index (Phi) is 7.86. The fourth-order valence-corrected chi connectivity index (χ4v) is 3.72. The van der Waals surface area contributed by atoms with Crippen molar-refractivity contribution < 1.29 is 4.74 Å². The van der Waals surface area contributed by atoms with E-state index in [0.29, 0.717) is 0 Å². The first-order chi connectivity index (χ1) is 8.62. The fourth-order valence-electron chi connectivity index (χ4n) is 3.00. The predicted molar refractivity (Wildman–Crippen MR) is 83.4 cm³/mol. The van der Waals surface area contributed by atoms with Crippen LogP contribution in [-0.4, -0.2) is 17.5 Å². The summed E-state index contributed by atoms with van der Waals surface area (Å²) in [5, 5.41) is 1.01. The van der Waals surface area contributed by atoms with Crippen LogP contribution in [0.5, 0.6) is 0 Å². The van der Waals surface area contributed by atoms with Crippen LogP contribution in [0.3, 0.4) is 0 Å². The minimum atomic E-state index is 0.154. The summed E-state index contributed by atoms with van der Waals surface area (Å²) >= 11 is 3.68. The maximum atomic E-state index is 6.25. The highest BCUT2D eigenvalue weighted by atomic mass is 79.9. The van der Waals surface area contributed by atoms with Crippen LogP contribution in [-0.2, 0) is 4.74 Å². The first kappa shape index (κ1) is 16.5. The molecular weight excluding hydrogens is 288 g/mol. The normalized spacial score (nSPS) is 28.8. The largest absolute Gasteiger partial charge is 0.374 e. The molecule has 2 heteroatoms. The zero-order valence-electron chi connectivity index (χ0n) is 12.5. The molecule has 1 aliphatic carbocycles. The third kappa shape index (κ3) is 5.61. The predicted octanol–water partition coefficient (Wildman–Crippen LogP) is 5.56. The molecule has 18 heavy (non-hydrogen) atoms. The van der Waals surface area contributed by atoms with Crippen molar-refractivity contribution in [2.75, 3.05) is 11.9 Å². The van der Waals surface area contributed by atoms with Gasteiger partial charge in [-0.25, -0.2) is 0 Å². The van der Waals surface area contributed by atoms with Crippen LogP contribution < -0.4 is 0 Å². The van der Waals surface area contributed by atoms with Gasteiger partial charge in [0, 0.05) is 11.9 Å². The molecule has 0 radical (unpaired) electrons. The molecule has 0 aromatic carbocycles. The van der Waals surface area contributed by atoms with Crippen molar-refractivity contribution in [1.82, 2.24) is 0 Å². The minimum Gasteiger partial charge on any atom is -0.374 e. The lowest BCUT2D eigenvalue weighted by atomic mass is 9.78. The molecule has 0 aromatic heterocycles. The summed E-state index contributed by atoms with van der Waals surface area (Å²) < 4.78 is 6.25. The summed E-state index contributed by atoms with van der Waals surface area (Å²) in [5.74, 6) is 1.76. The molecule has 0 N–H and O–H groups in total. The lowest BCUT2D eigenvalue weighted by molar-refractivity contribution is -0.0622. The van der Waals surface area contributed by atoms with Crippen LogP contribution in [0.4, 0.5) is 0 Å². The Morgan fingerprint density at radius 1 is 1.28 bits per heavy atom. The van der Waals surface area contributed by atoms with Gasteiger partial charge in [-0.1, -0.05) is 49.5 Å². The zero-order chi connectivity index (χ0) is 13.4. The summed E-state index contributed by atoms with van der Waals surface area (Å²) in [6, 6.07) is 0. The first-order valence-electron chi connectivity index (χ1n) is 7.82. The van der Waals surface area contributed by atoms with Crippen molar-refractivity contribution >= 4 is 15.9 Å². The summed E-state index contributed by atoms with van der Waals surface area (Å²) in [6.45, 7) is 7.82. The van der Waals surface area contributed by atoms with E-state index < -0.39 is 0 Å². The van der Waals surface area contributed by atoms with Gasteiger partial charge in [-0.15, -0.1) is 0 Å². The Bertz CT molecular complexity index is 207. The van der Waals surface area contributed by atoms with Crippen molar-refractivity contribution in [3.05, 3.63) is 0 Å². The monoisotopic (exact) mass is 318 g/mol. The molecule has 0 heterocycles. The van der Waals surface area contributed by atoms with Gasteiger partial charge in [-0.2, -0.15) is 0 Å². The third-order valence-electron chi connectivity index (χ3n) is 4.29. The Morgan fingerprint density at radius 2 is 1.94 bits per heavy atom. The Balaban J connectivity index is 2.27. The SMILES string of the molecule is CCCC1CCC(CBr)(OCCCC(C)C)CC1. The second-order valence-electron chi connectivity index (χ2n) is 6.43. The van der Waals surface area contributed by atoms with Crippen LogP contribution in [0, 0.1) is 11.8 Å². The molecule has 1 rings (SSSR count). The highest BCUT2D eigenvalue weighted by Crippen LogP contribution is 2.38. The molecular formula is C16H31BrO. The maximum Gasteiger partial charge on any atom is 0.0779 e. The van der Waals surface area contributed by atoms with E-state index in [0.717, 1.165) is 23.8 Å². The molecule has 0 amide bonds. The number of alkyl halides is 1. The maximum absolute atomic E-state index is 6.25. The Morgan fingerprint density at radius 3 is 2.44 bits per heavy atom. The number of hydrogen-bond acceptors (Lipinski definition) is 1. The van der Waals surface area contributed by atoms with Gasteiger partial charge in [0.2, 0.25) is 0 Å². The Labute approximate surface area is 122 Å². The van der Waals surface area contributed by atoms with Gasteiger partial charge in [0.05, 0.1) is 5.60 Å².